The van der Waals surface area contributed by atoms with Crippen LogP contribution >= 0.6 is 15.9 Å². The molecule has 24 heavy (non-hydrogen) atoms. The van der Waals surface area contributed by atoms with Crippen molar-refractivity contribution < 1.29 is 12.9 Å². The number of benzene rings is 2. The molecular weight excluding hydrogens is 394 g/mol. The van der Waals surface area contributed by atoms with Crippen molar-refractivity contribution in [3.05, 3.63) is 65.0 Å². The van der Waals surface area contributed by atoms with Gasteiger partial charge in [0.2, 0.25) is 21.7 Å². The first kappa shape index (κ1) is 16.8. The van der Waals surface area contributed by atoms with Gasteiger partial charge in [0.15, 0.2) is 0 Å². The van der Waals surface area contributed by atoms with E-state index in [1.54, 1.807) is 30.3 Å². The van der Waals surface area contributed by atoms with Crippen molar-refractivity contribution in [3.8, 4) is 11.4 Å². The summed E-state index contributed by atoms with van der Waals surface area (Å²) in [5.74, 6) is 0.642. The summed E-state index contributed by atoms with van der Waals surface area (Å²) in [4.78, 5) is 4.49. The highest BCUT2D eigenvalue weighted by atomic mass is 79.9. The molecule has 124 valence electrons. The molecule has 0 N–H and O–H groups in total. The zero-order chi connectivity index (χ0) is 17.2. The minimum Gasteiger partial charge on any atom is -0.338 e. The van der Waals surface area contributed by atoms with Crippen molar-refractivity contribution in [3.63, 3.8) is 0 Å². The second kappa shape index (κ2) is 6.84. The Hall–Kier alpha value is -2.03. The first-order chi connectivity index (χ1) is 11.5. The molecule has 1 heterocycles. The maximum atomic E-state index is 12.5. The third kappa shape index (κ3) is 3.55. The molecule has 6 nitrogen and oxygen atoms in total. The lowest BCUT2D eigenvalue weighted by Gasteiger charge is -2.14. The van der Waals surface area contributed by atoms with Crippen molar-refractivity contribution >= 4 is 26.0 Å². The fourth-order valence-corrected chi connectivity index (χ4v) is 3.65. The van der Waals surface area contributed by atoms with Gasteiger partial charge in [-0.05, 0) is 24.3 Å². The fraction of sp³-hybridized carbons (Fsp3) is 0.125. The molecule has 0 bridgehead atoms. The van der Waals surface area contributed by atoms with Crippen LogP contribution in [0.15, 0.2) is 68.5 Å². The van der Waals surface area contributed by atoms with E-state index >= 15 is 0 Å². The molecule has 2 aromatic carbocycles. The number of halogens is 1. The predicted octanol–water partition coefficient (Wildman–Crippen LogP) is 3.32. The summed E-state index contributed by atoms with van der Waals surface area (Å²) in [6.07, 6.45) is 0. The Morgan fingerprint density at radius 3 is 2.58 bits per heavy atom. The highest BCUT2D eigenvalue weighted by molar-refractivity contribution is 9.10. The summed E-state index contributed by atoms with van der Waals surface area (Å²) in [5, 5.41) is 3.91. The van der Waals surface area contributed by atoms with Crippen LogP contribution in [0.5, 0.6) is 0 Å². The monoisotopic (exact) mass is 407 g/mol. The number of hydrogen-bond acceptors (Lipinski definition) is 5. The number of nitrogens with zero attached hydrogens (tertiary/aromatic N) is 3. The minimum absolute atomic E-state index is 0.00176. The van der Waals surface area contributed by atoms with E-state index in [2.05, 4.69) is 26.1 Å². The fourth-order valence-electron chi connectivity index (χ4n) is 2.11. The van der Waals surface area contributed by atoms with Crippen LogP contribution in [0.1, 0.15) is 5.89 Å². The molecule has 0 fully saturated rings. The zero-order valence-corrected chi connectivity index (χ0v) is 15.2. The topological polar surface area (TPSA) is 76.3 Å². The molecule has 0 atom stereocenters. The second-order valence-electron chi connectivity index (χ2n) is 5.10. The Balaban J connectivity index is 1.80. The lowest BCUT2D eigenvalue weighted by atomic mass is 10.2. The summed E-state index contributed by atoms with van der Waals surface area (Å²) in [7, 11) is -2.12. The van der Waals surface area contributed by atoms with Crippen LogP contribution in [-0.2, 0) is 16.6 Å². The van der Waals surface area contributed by atoms with Crippen LogP contribution in [0.2, 0.25) is 0 Å². The number of sulfonamides is 1. The number of hydrogen-bond donors (Lipinski definition) is 0. The Bertz CT molecular complexity index is 942. The van der Waals surface area contributed by atoms with Crippen LogP contribution in [-0.4, -0.2) is 29.9 Å². The minimum atomic E-state index is -3.60. The first-order valence-corrected chi connectivity index (χ1v) is 9.30. The lowest BCUT2D eigenvalue weighted by Crippen LogP contribution is -2.26. The van der Waals surface area contributed by atoms with Gasteiger partial charge in [-0.15, -0.1) is 0 Å². The average molecular weight is 408 g/mol. The van der Waals surface area contributed by atoms with E-state index in [1.165, 1.54) is 11.4 Å². The zero-order valence-electron chi connectivity index (χ0n) is 12.8. The summed E-state index contributed by atoms with van der Waals surface area (Å²) >= 11 is 3.38. The van der Waals surface area contributed by atoms with Gasteiger partial charge in [0.1, 0.15) is 0 Å². The number of aromatic nitrogens is 2. The normalized spacial score (nSPS) is 11.8. The van der Waals surface area contributed by atoms with Crippen molar-refractivity contribution in [1.29, 1.82) is 0 Å². The van der Waals surface area contributed by atoms with Gasteiger partial charge in [0.25, 0.3) is 0 Å². The third-order valence-corrected chi connectivity index (χ3v) is 5.67. The molecule has 8 heteroatoms. The van der Waals surface area contributed by atoms with E-state index in [1.807, 2.05) is 24.3 Å². The molecule has 0 aliphatic rings. The molecule has 0 unspecified atom stereocenters. The van der Waals surface area contributed by atoms with Crippen LogP contribution < -0.4 is 0 Å². The van der Waals surface area contributed by atoms with Crippen molar-refractivity contribution in [2.24, 2.45) is 0 Å². The van der Waals surface area contributed by atoms with E-state index in [0.717, 1.165) is 10.0 Å². The molecule has 0 saturated carbocycles. The van der Waals surface area contributed by atoms with E-state index < -0.39 is 10.0 Å². The van der Waals surface area contributed by atoms with Gasteiger partial charge in [-0.1, -0.05) is 51.4 Å². The van der Waals surface area contributed by atoms with Crippen LogP contribution in [0, 0.1) is 0 Å². The van der Waals surface area contributed by atoms with Gasteiger partial charge in [-0.3, -0.25) is 0 Å². The van der Waals surface area contributed by atoms with Gasteiger partial charge in [-0.25, -0.2) is 8.42 Å². The molecule has 3 aromatic rings. The van der Waals surface area contributed by atoms with E-state index in [4.69, 9.17) is 4.52 Å². The van der Waals surface area contributed by atoms with Gasteiger partial charge in [0, 0.05) is 17.1 Å². The molecule has 1 aromatic heterocycles. The quantitative estimate of drug-likeness (QED) is 0.648. The SMILES string of the molecule is CN(Cc1nc(-c2cccc(Br)c2)no1)S(=O)(=O)c1ccccc1. The first-order valence-electron chi connectivity index (χ1n) is 7.07. The smallest absolute Gasteiger partial charge is 0.243 e. The molecule has 0 spiro atoms. The van der Waals surface area contributed by atoms with Crippen LogP contribution in [0.4, 0.5) is 0 Å². The largest absolute Gasteiger partial charge is 0.338 e. The third-order valence-electron chi connectivity index (χ3n) is 3.36. The maximum absolute atomic E-state index is 12.5. The average Bonchev–Trinajstić information content (AvgIpc) is 3.04. The van der Waals surface area contributed by atoms with Crippen LogP contribution in [0.25, 0.3) is 11.4 Å². The van der Waals surface area contributed by atoms with Gasteiger partial charge >= 0.3 is 0 Å². The summed E-state index contributed by atoms with van der Waals surface area (Å²) < 4.78 is 32.2. The Kier molecular flexibility index (Phi) is 4.79. The molecule has 0 amide bonds. The Morgan fingerprint density at radius 1 is 1.12 bits per heavy atom. The van der Waals surface area contributed by atoms with E-state index in [0.29, 0.717) is 5.82 Å². The van der Waals surface area contributed by atoms with Gasteiger partial charge in [0.05, 0.1) is 11.4 Å². The highest BCUT2D eigenvalue weighted by Gasteiger charge is 2.23. The van der Waals surface area contributed by atoms with Gasteiger partial charge < -0.3 is 4.52 Å². The summed E-state index contributed by atoms with van der Waals surface area (Å²) in [6, 6.07) is 15.7. The summed E-state index contributed by atoms with van der Waals surface area (Å²) in [5.41, 5.74) is 0.785. The lowest BCUT2D eigenvalue weighted by molar-refractivity contribution is 0.337. The predicted molar refractivity (Wildman–Crippen MR) is 92.5 cm³/mol. The molecular formula is C16H14BrN3O3S. The summed E-state index contributed by atoms with van der Waals surface area (Å²) in [6.45, 7) is -0.00176. The molecule has 3 rings (SSSR count). The van der Waals surface area contributed by atoms with Gasteiger partial charge in [-0.2, -0.15) is 9.29 Å². The standard InChI is InChI=1S/C16H14BrN3O3S/c1-20(24(21,22)14-8-3-2-4-9-14)11-15-18-16(19-23-15)12-6-5-7-13(17)10-12/h2-10H,11H2,1H3. The van der Waals surface area contributed by atoms with E-state index in [9.17, 15) is 8.42 Å². The maximum Gasteiger partial charge on any atom is 0.243 e. The Labute approximate surface area is 148 Å². The Morgan fingerprint density at radius 2 is 1.88 bits per heavy atom. The van der Waals surface area contributed by atoms with E-state index in [-0.39, 0.29) is 17.3 Å². The molecule has 0 saturated heterocycles. The molecule has 0 aliphatic carbocycles. The van der Waals surface area contributed by atoms with Crippen LogP contribution in [0.3, 0.4) is 0 Å². The number of rotatable bonds is 5. The molecule has 0 aliphatic heterocycles. The van der Waals surface area contributed by atoms with Crippen molar-refractivity contribution in [1.82, 2.24) is 14.4 Å². The second-order valence-corrected chi connectivity index (χ2v) is 8.06. The van der Waals surface area contributed by atoms with Crippen molar-refractivity contribution in [2.45, 2.75) is 11.4 Å². The molecule has 0 radical (unpaired) electrons. The highest BCUT2D eigenvalue weighted by Crippen LogP contribution is 2.21. The van der Waals surface area contributed by atoms with Crippen molar-refractivity contribution in [2.75, 3.05) is 7.05 Å².